The molecule has 0 saturated heterocycles. The zero-order valence-electron chi connectivity index (χ0n) is 11.8. The lowest BCUT2D eigenvalue weighted by Crippen LogP contribution is -2.24. The van der Waals surface area contributed by atoms with Crippen molar-refractivity contribution in [3.05, 3.63) is 47.1 Å². The van der Waals surface area contributed by atoms with E-state index in [0.29, 0.717) is 10.6 Å². The molecule has 0 aromatic heterocycles. The van der Waals surface area contributed by atoms with Crippen molar-refractivity contribution in [3.63, 3.8) is 0 Å². The van der Waals surface area contributed by atoms with Crippen LogP contribution in [-0.2, 0) is 9.47 Å². The molecule has 1 unspecified atom stereocenters. The summed E-state index contributed by atoms with van der Waals surface area (Å²) in [5.41, 5.74) is 0.444. The number of ether oxygens (including phenoxy) is 2. The first-order chi connectivity index (χ1) is 9.67. The molecule has 0 heterocycles. The normalized spacial score (nSPS) is 12.3. The van der Waals surface area contributed by atoms with E-state index in [2.05, 4.69) is 5.32 Å². The van der Waals surface area contributed by atoms with Gasteiger partial charge in [0.1, 0.15) is 6.61 Å². The minimum atomic E-state index is -0.393. The van der Waals surface area contributed by atoms with Crippen LogP contribution in [0, 0.1) is 0 Å². The van der Waals surface area contributed by atoms with Crippen molar-refractivity contribution in [1.82, 2.24) is 5.32 Å². The third-order valence-electron chi connectivity index (χ3n) is 2.69. The number of benzene rings is 1. The molecule has 0 aliphatic rings. The smallest absolute Gasteiger partial charge is 0.338 e. The van der Waals surface area contributed by atoms with E-state index in [0.717, 1.165) is 13.0 Å². The molecule has 0 amide bonds. The summed E-state index contributed by atoms with van der Waals surface area (Å²) in [6, 6.07) is 6.68. The molecule has 0 spiro atoms. The highest BCUT2D eigenvalue weighted by molar-refractivity contribution is 6.30. The molecule has 0 aliphatic heterocycles. The van der Waals surface area contributed by atoms with Gasteiger partial charge < -0.3 is 14.8 Å². The molecular weight excluding hydrogens is 278 g/mol. The minimum Gasteiger partial charge on any atom is -0.459 e. The number of hydrogen-bond acceptors (Lipinski definition) is 4. The van der Waals surface area contributed by atoms with Crippen LogP contribution in [0.25, 0.3) is 0 Å². The quantitative estimate of drug-likeness (QED) is 0.592. The number of esters is 1. The number of carbonyl (C=O) groups excluding carboxylic acids is 1. The van der Waals surface area contributed by atoms with Crippen molar-refractivity contribution in [2.24, 2.45) is 0 Å². The Balaban J connectivity index is 2.38. The van der Waals surface area contributed by atoms with Gasteiger partial charge in [0.25, 0.3) is 0 Å². The van der Waals surface area contributed by atoms with Gasteiger partial charge in [-0.05, 0) is 37.7 Å². The van der Waals surface area contributed by atoms with Crippen LogP contribution in [0.5, 0.6) is 0 Å². The largest absolute Gasteiger partial charge is 0.459 e. The molecule has 1 N–H and O–H groups in total. The molecule has 4 nitrogen and oxygen atoms in total. The lowest BCUT2D eigenvalue weighted by Gasteiger charge is -2.15. The van der Waals surface area contributed by atoms with E-state index in [1.807, 2.05) is 19.2 Å². The number of allylic oxidation sites excluding steroid dienone is 1. The van der Waals surface area contributed by atoms with Crippen LogP contribution in [0.15, 0.2) is 36.5 Å². The van der Waals surface area contributed by atoms with Crippen LogP contribution in [-0.4, -0.2) is 32.3 Å². The maximum absolute atomic E-state index is 11.8. The minimum absolute atomic E-state index is 0.129. The third kappa shape index (κ3) is 6.08. The van der Waals surface area contributed by atoms with Gasteiger partial charge in [0.15, 0.2) is 0 Å². The molecule has 1 atom stereocenters. The molecule has 20 heavy (non-hydrogen) atoms. The molecule has 5 heteroatoms. The highest BCUT2D eigenvalue weighted by Gasteiger charge is 2.12. The second-order valence-electron chi connectivity index (χ2n) is 4.21. The van der Waals surface area contributed by atoms with Gasteiger partial charge in [-0.15, -0.1) is 0 Å². The SMILES string of the molecule is C/C=C\NCCC(COC(=O)c1cccc(Cl)c1)OC. The maximum atomic E-state index is 11.8. The fourth-order valence-corrected chi connectivity index (χ4v) is 1.77. The highest BCUT2D eigenvalue weighted by Crippen LogP contribution is 2.12. The van der Waals surface area contributed by atoms with Crippen molar-refractivity contribution in [2.75, 3.05) is 20.3 Å². The summed E-state index contributed by atoms with van der Waals surface area (Å²) in [6.07, 6.45) is 4.41. The number of halogens is 1. The van der Waals surface area contributed by atoms with E-state index >= 15 is 0 Å². The Bertz CT molecular complexity index is 448. The first kappa shape index (κ1) is 16.5. The monoisotopic (exact) mass is 297 g/mol. The van der Waals surface area contributed by atoms with Gasteiger partial charge >= 0.3 is 5.97 Å². The number of methoxy groups -OCH3 is 1. The summed E-state index contributed by atoms with van der Waals surface area (Å²) in [4.78, 5) is 11.8. The third-order valence-corrected chi connectivity index (χ3v) is 2.92. The first-order valence-electron chi connectivity index (χ1n) is 6.47. The molecule has 110 valence electrons. The van der Waals surface area contributed by atoms with Crippen LogP contribution >= 0.6 is 11.6 Å². The molecule has 0 radical (unpaired) electrons. The Labute approximate surface area is 124 Å². The number of hydrogen-bond donors (Lipinski definition) is 1. The van der Waals surface area contributed by atoms with Gasteiger partial charge in [0.2, 0.25) is 0 Å². The lowest BCUT2D eigenvalue weighted by molar-refractivity contribution is 0.00845. The van der Waals surface area contributed by atoms with Crippen molar-refractivity contribution in [2.45, 2.75) is 19.4 Å². The molecule has 0 fully saturated rings. The first-order valence-corrected chi connectivity index (χ1v) is 6.85. The van der Waals surface area contributed by atoms with Crippen LogP contribution in [0.4, 0.5) is 0 Å². The van der Waals surface area contributed by atoms with E-state index in [1.54, 1.807) is 31.4 Å². The van der Waals surface area contributed by atoms with Crippen LogP contribution < -0.4 is 5.32 Å². The predicted octanol–water partition coefficient (Wildman–Crippen LogP) is 3.03. The Morgan fingerprint density at radius 2 is 2.30 bits per heavy atom. The van der Waals surface area contributed by atoms with Gasteiger partial charge in [0.05, 0.1) is 11.7 Å². The summed E-state index contributed by atoms with van der Waals surface area (Å²) in [5.74, 6) is -0.393. The average molecular weight is 298 g/mol. The summed E-state index contributed by atoms with van der Waals surface area (Å²) < 4.78 is 10.5. The zero-order chi connectivity index (χ0) is 14.8. The van der Waals surface area contributed by atoms with E-state index in [4.69, 9.17) is 21.1 Å². The van der Waals surface area contributed by atoms with Crippen molar-refractivity contribution >= 4 is 17.6 Å². The fraction of sp³-hybridized carbons (Fsp3) is 0.400. The molecule has 0 aliphatic carbocycles. The second kappa shape index (κ2) is 9.39. The number of rotatable bonds is 8. The van der Waals surface area contributed by atoms with Gasteiger partial charge in [-0.2, -0.15) is 0 Å². The van der Waals surface area contributed by atoms with Crippen molar-refractivity contribution < 1.29 is 14.3 Å². The van der Waals surface area contributed by atoms with Crippen LogP contribution in [0.2, 0.25) is 5.02 Å². The van der Waals surface area contributed by atoms with E-state index in [-0.39, 0.29) is 12.7 Å². The van der Waals surface area contributed by atoms with E-state index < -0.39 is 5.97 Å². The summed E-state index contributed by atoms with van der Waals surface area (Å²) in [5, 5.41) is 3.62. The van der Waals surface area contributed by atoms with Crippen molar-refractivity contribution in [1.29, 1.82) is 0 Å². The molecule has 0 saturated carbocycles. The standard InChI is InChI=1S/C15H20ClNO3/c1-3-8-17-9-7-14(19-2)11-20-15(18)12-5-4-6-13(16)10-12/h3-6,8,10,14,17H,7,9,11H2,1-2H3/b8-3-. The topological polar surface area (TPSA) is 47.6 Å². The molecule has 1 rings (SSSR count). The van der Waals surface area contributed by atoms with Gasteiger partial charge in [-0.25, -0.2) is 4.79 Å². The fourth-order valence-electron chi connectivity index (χ4n) is 1.58. The molecule has 0 bridgehead atoms. The van der Waals surface area contributed by atoms with Gasteiger partial charge in [0, 0.05) is 18.7 Å². The highest BCUT2D eigenvalue weighted by atomic mass is 35.5. The maximum Gasteiger partial charge on any atom is 0.338 e. The Hall–Kier alpha value is -1.52. The number of nitrogens with one attached hydrogen (secondary N) is 1. The summed E-state index contributed by atoms with van der Waals surface area (Å²) in [7, 11) is 1.60. The Morgan fingerprint density at radius 3 is 2.95 bits per heavy atom. The van der Waals surface area contributed by atoms with E-state index in [9.17, 15) is 4.79 Å². The zero-order valence-corrected chi connectivity index (χ0v) is 12.5. The Morgan fingerprint density at radius 1 is 1.50 bits per heavy atom. The van der Waals surface area contributed by atoms with Gasteiger partial charge in [-0.1, -0.05) is 23.7 Å². The van der Waals surface area contributed by atoms with Crippen LogP contribution in [0.3, 0.4) is 0 Å². The molecular formula is C15H20ClNO3. The van der Waals surface area contributed by atoms with Gasteiger partial charge in [-0.3, -0.25) is 0 Å². The molecule has 1 aromatic rings. The lowest BCUT2D eigenvalue weighted by atomic mass is 10.2. The molecule has 1 aromatic carbocycles. The van der Waals surface area contributed by atoms with Crippen LogP contribution in [0.1, 0.15) is 23.7 Å². The second-order valence-corrected chi connectivity index (χ2v) is 4.65. The summed E-state index contributed by atoms with van der Waals surface area (Å²) >= 11 is 5.83. The number of carbonyl (C=O) groups is 1. The van der Waals surface area contributed by atoms with Crippen molar-refractivity contribution in [3.8, 4) is 0 Å². The van der Waals surface area contributed by atoms with E-state index in [1.165, 1.54) is 0 Å². The average Bonchev–Trinajstić information content (AvgIpc) is 2.46. The Kier molecular flexibility index (Phi) is 7.77. The summed E-state index contributed by atoms with van der Waals surface area (Å²) in [6.45, 7) is 2.92. The predicted molar refractivity (Wildman–Crippen MR) is 80.0 cm³/mol.